The maximum atomic E-state index is 11.6. The average molecular weight is 505 g/mol. The Morgan fingerprint density at radius 3 is 2.66 bits per heavy atom. The lowest BCUT2D eigenvalue weighted by molar-refractivity contribution is -0.129. The summed E-state index contributed by atoms with van der Waals surface area (Å²) in [7, 11) is 0. The minimum Gasteiger partial charge on any atom is -0.453 e. The van der Waals surface area contributed by atoms with Crippen molar-refractivity contribution in [2.24, 2.45) is 0 Å². The number of piperidine rings is 1. The fourth-order valence-electron chi connectivity index (χ4n) is 3.80. The predicted molar refractivity (Wildman–Crippen MR) is 137 cm³/mol. The van der Waals surface area contributed by atoms with Crippen molar-refractivity contribution in [1.82, 2.24) is 24.2 Å². The highest BCUT2D eigenvalue weighted by molar-refractivity contribution is 7.99. The molecular formula is C25H24N6O2S2. The summed E-state index contributed by atoms with van der Waals surface area (Å²) in [6.07, 6.45) is 5.30. The van der Waals surface area contributed by atoms with E-state index >= 15 is 0 Å². The maximum Gasteiger partial charge on any atom is 0.219 e. The molecule has 8 nitrogen and oxygen atoms in total. The van der Waals surface area contributed by atoms with E-state index in [-0.39, 0.29) is 11.8 Å². The molecule has 0 unspecified atom stereocenters. The molecule has 0 radical (unpaired) electrons. The Balaban J connectivity index is 1.34. The summed E-state index contributed by atoms with van der Waals surface area (Å²) in [5.41, 5.74) is 0. The van der Waals surface area contributed by atoms with Gasteiger partial charge in [-0.2, -0.15) is 4.37 Å². The summed E-state index contributed by atoms with van der Waals surface area (Å²) in [5.74, 6) is 3.05. The van der Waals surface area contributed by atoms with Crippen LogP contribution in [0.1, 0.15) is 31.5 Å². The van der Waals surface area contributed by atoms with E-state index in [2.05, 4.69) is 19.7 Å². The molecular weight excluding hydrogens is 480 g/mol. The molecule has 1 aliphatic rings. The molecule has 35 heavy (non-hydrogen) atoms. The molecule has 5 rings (SSSR count). The molecule has 1 saturated heterocycles. The van der Waals surface area contributed by atoms with Crippen LogP contribution in [0.3, 0.4) is 0 Å². The Morgan fingerprint density at radius 1 is 1.11 bits per heavy atom. The first-order chi connectivity index (χ1) is 17.1. The van der Waals surface area contributed by atoms with Crippen LogP contribution in [0.5, 0.6) is 11.5 Å². The Kier molecular flexibility index (Phi) is 7.20. The highest BCUT2D eigenvalue weighted by Gasteiger charge is 2.25. The van der Waals surface area contributed by atoms with Gasteiger partial charge in [-0.25, -0.2) is 15.0 Å². The van der Waals surface area contributed by atoms with Crippen LogP contribution < -0.4 is 10.1 Å². The van der Waals surface area contributed by atoms with Gasteiger partial charge in [0.25, 0.3) is 0 Å². The lowest BCUT2D eigenvalue weighted by Crippen LogP contribution is -2.36. The number of rotatable bonds is 7. The van der Waals surface area contributed by atoms with Gasteiger partial charge in [0, 0.05) is 60.8 Å². The van der Waals surface area contributed by atoms with Crippen molar-refractivity contribution >= 4 is 40.2 Å². The largest absolute Gasteiger partial charge is 0.453 e. The number of benzene rings is 1. The zero-order valence-electron chi connectivity index (χ0n) is 19.1. The number of hydrogen-bond donors (Lipinski definition) is 1. The molecule has 4 aromatic rings. The van der Waals surface area contributed by atoms with Gasteiger partial charge in [0.05, 0.1) is 0 Å². The molecule has 3 aromatic heterocycles. The maximum absolute atomic E-state index is 11.6. The van der Waals surface area contributed by atoms with Crippen molar-refractivity contribution in [3.05, 3.63) is 72.8 Å². The molecule has 4 heterocycles. The van der Waals surface area contributed by atoms with Gasteiger partial charge in [0.2, 0.25) is 11.0 Å². The zero-order valence-corrected chi connectivity index (χ0v) is 20.8. The molecule has 10 heteroatoms. The highest BCUT2D eigenvalue weighted by Crippen LogP contribution is 2.36. The molecule has 0 bridgehead atoms. The number of aromatic nitrogens is 4. The topological polar surface area (TPSA) is 93.1 Å². The first kappa shape index (κ1) is 23.3. The smallest absolute Gasteiger partial charge is 0.219 e. The first-order valence-corrected chi connectivity index (χ1v) is 12.9. The van der Waals surface area contributed by atoms with Gasteiger partial charge in [-0.05, 0) is 37.1 Å². The summed E-state index contributed by atoms with van der Waals surface area (Å²) < 4.78 is 10.8. The van der Waals surface area contributed by atoms with Gasteiger partial charge in [-0.3, -0.25) is 4.79 Å². The lowest BCUT2D eigenvalue weighted by Gasteiger charge is -2.29. The van der Waals surface area contributed by atoms with Gasteiger partial charge >= 0.3 is 0 Å². The molecule has 1 fully saturated rings. The summed E-state index contributed by atoms with van der Waals surface area (Å²) in [5, 5.41) is 4.83. The number of nitrogens with zero attached hydrogens (tertiary/aromatic N) is 5. The minimum atomic E-state index is 0.124. The third kappa shape index (κ3) is 5.95. The minimum absolute atomic E-state index is 0.124. The predicted octanol–water partition coefficient (Wildman–Crippen LogP) is 5.74. The van der Waals surface area contributed by atoms with Crippen LogP contribution in [0.4, 0.5) is 10.9 Å². The van der Waals surface area contributed by atoms with Crippen molar-refractivity contribution in [3.63, 3.8) is 0 Å². The number of carbonyl (C=O) groups is 1. The normalized spacial score (nSPS) is 14.0. The van der Waals surface area contributed by atoms with E-state index in [1.165, 1.54) is 23.3 Å². The third-order valence-electron chi connectivity index (χ3n) is 5.63. The number of ether oxygens (including phenoxy) is 1. The van der Waals surface area contributed by atoms with Crippen LogP contribution in [-0.2, 0) is 4.79 Å². The number of carbonyl (C=O) groups excluding carboxylic acids is 1. The van der Waals surface area contributed by atoms with Crippen LogP contribution in [0.25, 0.3) is 0 Å². The number of para-hydroxylation sites is 1. The van der Waals surface area contributed by atoms with Crippen molar-refractivity contribution in [2.75, 3.05) is 18.4 Å². The van der Waals surface area contributed by atoms with Crippen LogP contribution in [0.2, 0.25) is 0 Å². The summed E-state index contributed by atoms with van der Waals surface area (Å²) in [6.45, 7) is 3.10. The van der Waals surface area contributed by atoms with Crippen LogP contribution in [-0.4, -0.2) is 43.2 Å². The quantitative estimate of drug-likeness (QED) is 0.341. The van der Waals surface area contributed by atoms with E-state index in [1.54, 1.807) is 19.3 Å². The SMILES string of the molecule is CC(=O)N1CCC(c2nsc(Nc3ncc(Sc4ccccn4)cc3Oc3ccccc3)n2)CC1. The lowest BCUT2D eigenvalue weighted by atomic mass is 9.96. The molecule has 178 valence electrons. The number of nitrogens with one attached hydrogen (secondary N) is 1. The van der Waals surface area contributed by atoms with Gasteiger partial charge in [-0.1, -0.05) is 36.0 Å². The summed E-state index contributed by atoms with van der Waals surface area (Å²) in [4.78, 5) is 28.1. The summed E-state index contributed by atoms with van der Waals surface area (Å²) in [6, 6.07) is 17.4. The fraction of sp³-hybridized carbons (Fsp3) is 0.240. The second-order valence-corrected chi connectivity index (χ2v) is 9.91. The molecule has 1 N–H and O–H groups in total. The van der Waals surface area contributed by atoms with Crippen LogP contribution >= 0.6 is 23.3 Å². The standard InChI is InChI=1S/C25H24N6O2S2/c1-17(32)31-13-10-18(11-14-31)23-28-25(35-30-23)29-24-21(33-19-7-3-2-4-8-19)15-20(16-27-24)34-22-9-5-6-12-26-22/h2-9,12,15-16,18H,10-11,13-14H2,1H3,(H,27,28,29,30). The van der Waals surface area contributed by atoms with E-state index in [4.69, 9.17) is 9.72 Å². The molecule has 0 atom stereocenters. The van der Waals surface area contributed by atoms with E-state index in [0.29, 0.717) is 22.4 Å². The van der Waals surface area contributed by atoms with E-state index in [9.17, 15) is 4.79 Å². The number of anilines is 2. The number of hydrogen-bond acceptors (Lipinski definition) is 9. The molecule has 1 amide bonds. The Bertz CT molecular complexity index is 1280. The molecule has 1 aromatic carbocycles. The number of amides is 1. The van der Waals surface area contributed by atoms with Gasteiger partial charge < -0.3 is 15.0 Å². The van der Waals surface area contributed by atoms with Crippen molar-refractivity contribution in [1.29, 1.82) is 0 Å². The average Bonchev–Trinajstić information content (AvgIpc) is 3.35. The van der Waals surface area contributed by atoms with Crippen molar-refractivity contribution in [3.8, 4) is 11.5 Å². The van der Waals surface area contributed by atoms with Gasteiger partial charge in [-0.15, -0.1) is 0 Å². The second kappa shape index (κ2) is 10.8. The second-order valence-electron chi connectivity index (χ2n) is 8.07. The number of likely N-dealkylation sites (tertiary alicyclic amines) is 1. The van der Waals surface area contributed by atoms with Crippen LogP contribution in [0, 0.1) is 0 Å². The first-order valence-electron chi connectivity index (χ1n) is 11.3. The van der Waals surface area contributed by atoms with Gasteiger partial charge in [0.15, 0.2) is 11.6 Å². The van der Waals surface area contributed by atoms with E-state index in [0.717, 1.165) is 41.7 Å². The van der Waals surface area contributed by atoms with Gasteiger partial charge in [0.1, 0.15) is 16.6 Å². The molecule has 0 aliphatic carbocycles. The van der Waals surface area contributed by atoms with E-state index < -0.39 is 0 Å². The molecule has 1 aliphatic heterocycles. The zero-order chi connectivity index (χ0) is 24.0. The Morgan fingerprint density at radius 2 is 1.91 bits per heavy atom. The third-order valence-corrected chi connectivity index (χ3v) is 7.19. The van der Waals surface area contributed by atoms with E-state index in [1.807, 2.05) is 59.5 Å². The Labute approximate surface area is 212 Å². The monoisotopic (exact) mass is 504 g/mol. The van der Waals surface area contributed by atoms with Crippen LogP contribution in [0.15, 0.2) is 76.9 Å². The van der Waals surface area contributed by atoms with Crippen molar-refractivity contribution < 1.29 is 9.53 Å². The Hall–Kier alpha value is -3.50. The molecule has 0 spiro atoms. The summed E-state index contributed by atoms with van der Waals surface area (Å²) >= 11 is 2.82. The molecule has 0 saturated carbocycles. The highest BCUT2D eigenvalue weighted by atomic mass is 32.2. The fourth-order valence-corrected chi connectivity index (χ4v) is 5.22. The number of pyridine rings is 2. The van der Waals surface area contributed by atoms with Crippen molar-refractivity contribution in [2.45, 2.75) is 35.6 Å².